The topological polar surface area (TPSA) is 98.7 Å². The first-order chi connectivity index (χ1) is 8.45. The van der Waals surface area contributed by atoms with Crippen molar-refractivity contribution in [3.05, 3.63) is 0 Å². The molecule has 0 spiro atoms. The number of urea groups is 1. The van der Waals surface area contributed by atoms with Crippen molar-refractivity contribution in [1.29, 1.82) is 0 Å². The molecular formula is C11H19N3O4. The van der Waals surface area contributed by atoms with Crippen molar-refractivity contribution in [3.63, 3.8) is 0 Å². The molecule has 0 aliphatic carbocycles. The summed E-state index contributed by atoms with van der Waals surface area (Å²) in [7, 11) is 1.56. The van der Waals surface area contributed by atoms with Gasteiger partial charge in [0.25, 0.3) is 0 Å². The second kappa shape index (κ2) is 6.23. The fraction of sp³-hybridized carbons (Fsp3) is 0.727. The van der Waals surface area contributed by atoms with Crippen LogP contribution in [0.5, 0.6) is 0 Å². The summed E-state index contributed by atoms with van der Waals surface area (Å²) in [5, 5.41) is 13.7. The van der Waals surface area contributed by atoms with Crippen molar-refractivity contribution in [2.45, 2.75) is 25.8 Å². The number of hydrogen-bond donors (Lipinski definition) is 3. The van der Waals surface area contributed by atoms with Gasteiger partial charge < -0.3 is 20.6 Å². The normalized spacial score (nSPS) is 21.0. The van der Waals surface area contributed by atoms with Crippen LogP contribution in [0, 0.1) is 5.92 Å². The smallest absolute Gasteiger partial charge is 0.325 e. The van der Waals surface area contributed by atoms with E-state index in [2.05, 4.69) is 10.6 Å². The lowest BCUT2D eigenvalue weighted by Crippen LogP contribution is -2.51. The molecule has 1 aliphatic heterocycles. The molecule has 0 aromatic rings. The zero-order valence-corrected chi connectivity index (χ0v) is 10.6. The molecule has 3 N–H and O–H groups in total. The van der Waals surface area contributed by atoms with E-state index in [0.717, 1.165) is 12.8 Å². The maximum atomic E-state index is 11.8. The van der Waals surface area contributed by atoms with Gasteiger partial charge in [0.1, 0.15) is 6.04 Å². The molecule has 7 nitrogen and oxygen atoms in total. The molecule has 102 valence electrons. The zero-order chi connectivity index (χ0) is 13.7. The Bertz CT molecular complexity index is 345. The first-order valence-corrected chi connectivity index (χ1v) is 5.95. The van der Waals surface area contributed by atoms with Gasteiger partial charge in [-0.25, -0.2) is 4.79 Å². The molecule has 2 atom stereocenters. The minimum absolute atomic E-state index is 0.0845. The summed E-state index contributed by atoms with van der Waals surface area (Å²) in [6, 6.07) is -1.36. The van der Waals surface area contributed by atoms with E-state index < -0.39 is 18.0 Å². The Morgan fingerprint density at radius 3 is 2.61 bits per heavy atom. The van der Waals surface area contributed by atoms with Gasteiger partial charge >= 0.3 is 12.0 Å². The molecule has 0 aromatic heterocycles. The van der Waals surface area contributed by atoms with Crippen molar-refractivity contribution in [3.8, 4) is 0 Å². The first kappa shape index (κ1) is 14.3. The van der Waals surface area contributed by atoms with E-state index in [-0.39, 0.29) is 11.8 Å². The Hall–Kier alpha value is -1.79. The third-order valence-electron chi connectivity index (χ3n) is 3.04. The highest BCUT2D eigenvalue weighted by atomic mass is 16.4. The molecule has 7 heteroatoms. The molecule has 0 radical (unpaired) electrons. The van der Waals surface area contributed by atoms with Crippen LogP contribution in [0.15, 0.2) is 0 Å². The molecule has 1 fully saturated rings. The summed E-state index contributed by atoms with van der Waals surface area (Å²) >= 11 is 0. The summed E-state index contributed by atoms with van der Waals surface area (Å²) in [6.45, 7) is 2.28. The van der Waals surface area contributed by atoms with Crippen molar-refractivity contribution in [2.24, 2.45) is 5.92 Å². The van der Waals surface area contributed by atoms with Gasteiger partial charge in [-0.05, 0) is 19.8 Å². The summed E-state index contributed by atoms with van der Waals surface area (Å²) in [4.78, 5) is 35.4. The van der Waals surface area contributed by atoms with Crippen molar-refractivity contribution < 1.29 is 19.5 Å². The standard InChI is InChI=1S/C11H19N3O4/c1-7(10(16)17)13-11(18)14-5-3-4-8(6-14)9(15)12-2/h7-8H,3-6H2,1-2H3,(H,12,15)(H,13,18)(H,16,17). The van der Waals surface area contributed by atoms with Gasteiger partial charge in [0.15, 0.2) is 0 Å². The van der Waals surface area contributed by atoms with E-state index in [1.807, 2.05) is 0 Å². The lowest BCUT2D eigenvalue weighted by molar-refractivity contribution is -0.138. The third kappa shape index (κ3) is 3.61. The number of hydrogen-bond acceptors (Lipinski definition) is 3. The number of likely N-dealkylation sites (tertiary alicyclic amines) is 1. The van der Waals surface area contributed by atoms with Gasteiger partial charge in [0, 0.05) is 20.1 Å². The number of aliphatic carboxylic acids is 1. The van der Waals surface area contributed by atoms with E-state index in [0.29, 0.717) is 13.1 Å². The average Bonchev–Trinajstić information content (AvgIpc) is 2.37. The molecule has 0 aromatic carbocycles. The third-order valence-corrected chi connectivity index (χ3v) is 3.04. The van der Waals surface area contributed by atoms with Crippen LogP contribution < -0.4 is 10.6 Å². The number of piperidine rings is 1. The Kier molecular flexibility index (Phi) is 4.94. The lowest BCUT2D eigenvalue weighted by atomic mass is 9.97. The lowest BCUT2D eigenvalue weighted by Gasteiger charge is -2.32. The number of carbonyl (C=O) groups excluding carboxylic acids is 2. The number of rotatable bonds is 3. The first-order valence-electron chi connectivity index (χ1n) is 5.95. The van der Waals surface area contributed by atoms with Crippen LogP contribution >= 0.6 is 0 Å². The molecule has 1 heterocycles. The molecule has 1 saturated heterocycles. The number of nitrogens with zero attached hydrogens (tertiary/aromatic N) is 1. The summed E-state index contributed by atoms with van der Waals surface area (Å²) in [5.74, 6) is -1.38. The predicted octanol–water partition coefficient (Wildman–Crippen LogP) is -0.373. The van der Waals surface area contributed by atoms with Gasteiger partial charge in [-0.1, -0.05) is 0 Å². The van der Waals surface area contributed by atoms with Crippen LogP contribution in [0.4, 0.5) is 4.79 Å². The number of nitrogens with one attached hydrogen (secondary N) is 2. The van der Waals surface area contributed by atoms with Gasteiger partial charge in [-0.2, -0.15) is 0 Å². The summed E-state index contributed by atoms with van der Waals surface area (Å²) < 4.78 is 0. The molecule has 2 unspecified atom stereocenters. The summed E-state index contributed by atoms with van der Waals surface area (Å²) in [6.07, 6.45) is 1.49. The molecule has 0 bridgehead atoms. The van der Waals surface area contributed by atoms with E-state index >= 15 is 0 Å². The molecule has 18 heavy (non-hydrogen) atoms. The van der Waals surface area contributed by atoms with Gasteiger partial charge in [-0.3, -0.25) is 9.59 Å². The van der Waals surface area contributed by atoms with E-state index in [9.17, 15) is 14.4 Å². The van der Waals surface area contributed by atoms with Crippen LogP contribution in [-0.2, 0) is 9.59 Å². The molecule has 1 rings (SSSR count). The molecule has 1 aliphatic rings. The number of amides is 3. The fourth-order valence-electron chi connectivity index (χ4n) is 1.92. The van der Waals surface area contributed by atoms with Gasteiger partial charge in [-0.15, -0.1) is 0 Å². The van der Waals surface area contributed by atoms with Crippen LogP contribution in [0.2, 0.25) is 0 Å². The molecule has 3 amide bonds. The Morgan fingerprint density at radius 2 is 2.06 bits per heavy atom. The van der Waals surface area contributed by atoms with E-state index in [1.54, 1.807) is 7.05 Å². The van der Waals surface area contributed by atoms with Crippen molar-refractivity contribution in [1.82, 2.24) is 15.5 Å². The van der Waals surface area contributed by atoms with Crippen LogP contribution in [0.3, 0.4) is 0 Å². The predicted molar refractivity (Wildman–Crippen MR) is 64.0 cm³/mol. The number of carbonyl (C=O) groups is 3. The SMILES string of the molecule is CNC(=O)C1CCCN(C(=O)NC(C)C(=O)O)C1. The van der Waals surface area contributed by atoms with Crippen molar-refractivity contribution >= 4 is 17.9 Å². The largest absolute Gasteiger partial charge is 0.480 e. The monoisotopic (exact) mass is 257 g/mol. The maximum absolute atomic E-state index is 11.8. The van der Waals surface area contributed by atoms with Crippen LogP contribution in [0.1, 0.15) is 19.8 Å². The number of carboxylic acid groups (broad SMARTS) is 1. The highest BCUT2D eigenvalue weighted by Crippen LogP contribution is 2.16. The molecular weight excluding hydrogens is 238 g/mol. The Balaban J connectivity index is 2.53. The van der Waals surface area contributed by atoms with Crippen LogP contribution in [-0.4, -0.2) is 54.1 Å². The minimum atomic E-state index is -1.08. The highest BCUT2D eigenvalue weighted by Gasteiger charge is 2.28. The number of carboxylic acids is 1. The average molecular weight is 257 g/mol. The highest BCUT2D eigenvalue weighted by molar-refractivity contribution is 5.83. The van der Waals surface area contributed by atoms with Crippen molar-refractivity contribution in [2.75, 3.05) is 20.1 Å². The zero-order valence-electron chi connectivity index (χ0n) is 10.6. The minimum Gasteiger partial charge on any atom is -0.480 e. The summed E-state index contributed by atoms with van der Waals surface area (Å²) in [5.41, 5.74) is 0. The van der Waals surface area contributed by atoms with Gasteiger partial charge in [0.2, 0.25) is 5.91 Å². The fourth-order valence-corrected chi connectivity index (χ4v) is 1.92. The second-order valence-corrected chi connectivity index (χ2v) is 4.41. The Morgan fingerprint density at radius 1 is 1.39 bits per heavy atom. The van der Waals surface area contributed by atoms with Gasteiger partial charge in [0.05, 0.1) is 5.92 Å². The maximum Gasteiger partial charge on any atom is 0.325 e. The van der Waals surface area contributed by atoms with E-state index in [4.69, 9.17) is 5.11 Å². The second-order valence-electron chi connectivity index (χ2n) is 4.41. The van der Waals surface area contributed by atoms with Crippen LogP contribution in [0.25, 0.3) is 0 Å². The Labute approximate surface area is 106 Å². The van der Waals surface area contributed by atoms with E-state index in [1.165, 1.54) is 11.8 Å². The molecule has 0 saturated carbocycles. The quantitative estimate of drug-likeness (QED) is 0.642.